The van der Waals surface area contributed by atoms with Gasteiger partial charge in [-0.25, -0.2) is 4.98 Å². The summed E-state index contributed by atoms with van der Waals surface area (Å²) in [6.45, 7) is 8.86. The molecule has 4 rings (SSSR count). The maximum atomic E-state index is 12.6. The van der Waals surface area contributed by atoms with Crippen LogP contribution < -0.4 is 15.4 Å². The highest BCUT2D eigenvalue weighted by molar-refractivity contribution is 9.10. The van der Waals surface area contributed by atoms with E-state index in [-0.39, 0.29) is 36.6 Å². The van der Waals surface area contributed by atoms with E-state index in [0.717, 1.165) is 32.6 Å². The van der Waals surface area contributed by atoms with Crippen molar-refractivity contribution in [1.29, 1.82) is 0 Å². The van der Waals surface area contributed by atoms with E-state index in [2.05, 4.69) is 55.6 Å². The minimum atomic E-state index is -0.249. The van der Waals surface area contributed by atoms with Gasteiger partial charge in [0.25, 0.3) is 5.91 Å². The molecule has 0 saturated carbocycles. The van der Waals surface area contributed by atoms with Crippen molar-refractivity contribution in [1.82, 2.24) is 25.1 Å². The lowest BCUT2D eigenvalue weighted by Gasteiger charge is -2.15. The number of anilines is 1. The van der Waals surface area contributed by atoms with Gasteiger partial charge in [0.05, 0.1) is 18.0 Å². The van der Waals surface area contributed by atoms with Crippen LogP contribution in [0, 0.1) is 6.92 Å². The largest absolute Gasteiger partial charge is 0.483 e. The second kappa shape index (κ2) is 13.9. The molecule has 9 nitrogen and oxygen atoms in total. The molecule has 0 aliphatic rings. The number of ether oxygens (including phenoxy) is 1. The van der Waals surface area contributed by atoms with Crippen LogP contribution in [-0.2, 0) is 22.7 Å². The number of benzene rings is 2. The second-order valence-electron chi connectivity index (χ2n) is 9.29. The van der Waals surface area contributed by atoms with E-state index in [4.69, 9.17) is 4.74 Å². The predicted octanol–water partition coefficient (Wildman–Crippen LogP) is 6.04. The number of hydrogen-bond acceptors (Lipinski definition) is 8. The third kappa shape index (κ3) is 7.92. The van der Waals surface area contributed by atoms with Crippen molar-refractivity contribution in [2.45, 2.75) is 51.9 Å². The molecular weight excluding hydrogens is 612 g/mol. The van der Waals surface area contributed by atoms with Gasteiger partial charge in [-0.2, -0.15) is 0 Å². The van der Waals surface area contributed by atoms with Gasteiger partial charge in [-0.05, 0) is 49.1 Å². The number of amides is 2. The molecule has 12 heteroatoms. The standard InChI is InChI=1S/C28H31BrN6O3S2/c1-5-35-24(13-30-25(36)14-38-23-12-18(4)6-11-21(23)17(2)3)33-34-28(35)40-16-26(37)32-27-31-22(15-39-27)19-7-9-20(29)10-8-19/h6-12,15,17H,5,13-14,16H2,1-4H3,(H,30,36)(H,31,32,37). The van der Waals surface area contributed by atoms with E-state index in [0.29, 0.717) is 22.7 Å². The Kier molecular flexibility index (Phi) is 10.3. The number of aromatic nitrogens is 4. The molecule has 2 aromatic carbocycles. The molecule has 40 heavy (non-hydrogen) atoms. The zero-order valence-corrected chi connectivity index (χ0v) is 26.0. The molecule has 0 aliphatic carbocycles. The molecule has 2 N–H and O–H groups in total. The Bertz CT molecular complexity index is 1470. The van der Waals surface area contributed by atoms with Crippen molar-refractivity contribution in [3.05, 3.63) is 69.3 Å². The smallest absolute Gasteiger partial charge is 0.258 e. The van der Waals surface area contributed by atoms with E-state index in [1.54, 1.807) is 0 Å². The van der Waals surface area contributed by atoms with Crippen molar-refractivity contribution in [3.63, 3.8) is 0 Å². The summed E-state index contributed by atoms with van der Waals surface area (Å²) >= 11 is 6.09. The van der Waals surface area contributed by atoms with Gasteiger partial charge in [0, 0.05) is 22.0 Å². The Morgan fingerprint density at radius 2 is 1.90 bits per heavy atom. The third-order valence-corrected chi connectivity index (χ3v) is 8.18. The van der Waals surface area contributed by atoms with E-state index < -0.39 is 0 Å². The second-order valence-corrected chi connectivity index (χ2v) is 12.0. The number of rotatable bonds is 12. The lowest BCUT2D eigenvalue weighted by Crippen LogP contribution is -2.29. The van der Waals surface area contributed by atoms with Crippen molar-refractivity contribution < 1.29 is 14.3 Å². The van der Waals surface area contributed by atoms with Gasteiger partial charge in [-0.15, -0.1) is 21.5 Å². The van der Waals surface area contributed by atoms with Gasteiger partial charge in [-0.1, -0.05) is 65.8 Å². The Hall–Kier alpha value is -3.22. The van der Waals surface area contributed by atoms with Gasteiger partial charge >= 0.3 is 0 Å². The Labute approximate surface area is 250 Å². The van der Waals surface area contributed by atoms with Gasteiger partial charge < -0.3 is 19.9 Å². The summed E-state index contributed by atoms with van der Waals surface area (Å²) in [5, 5.41) is 17.2. The lowest BCUT2D eigenvalue weighted by atomic mass is 10.0. The minimum Gasteiger partial charge on any atom is -0.483 e. The predicted molar refractivity (Wildman–Crippen MR) is 163 cm³/mol. The molecule has 0 radical (unpaired) electrons. The summed E-state index contributed by atoms with van der Waals surface area (Å²) in [6.07, 6.45) is 0. The van der Waals surface area contributed by atoms with Crippen LogP contribution in [0.2, 0.25) is 0 Å². The first-order chi connectivity index (χ1) is 19.2. The molecular formula is C28H31BrN6O3S2. The maximum Gasteiger partial charge on any atom is 0.258 e. The van der Waals surface area contributed by atoms with Gasteiger partial charge in [0.15, 0.2) is 22.7 Å². The summed E-state index contributed by atoms with van der Waals surface area (Å²) in [5.74, 6) is 1.34. The first kappa shape index (κ1) is 29.8. The monoisotopic (exact) mass is 642 g/mol. The molecule has 2 aromatic heterocycles. The molecule has 0 atom stereocenters. The van der Waals surface area contributed by atoms with Crippen molar-refractivity contribution >= 4 is 56.0 Å². The summed E-state index contributed by atoms with van der Waals surface area (Å²) in [4.78, 5) is 29.6. The first-order valence-corrected chi connectivity index (χ1v) is 15.5. The molecule has 0 aliphatic heterocycles. The maximum absolute atomic E-state index is 12.6. The fourth-order valence-corrected chi connectivity index (χ4v) is 5.68. The molecule has 0 fully saturated rings. The van der Waals surface area contributed by atoms with Crippen LogP contribution in [0.1, 0.15) is 43.6 Å². The van der Waals surface area contributed by atoms with Gasteiger partial charge in [0.2, 0.25) is 5.91 Å². The highest BCUT2D eigenvalue weighted by Gasteiger charge is 2.16. The molecule has 2 amide bonds. The van der Waals surface area contributed by atoms with Crippen LogP contribution in [0.4, 0.5) is 5.13 Å². The topological polar surface area (TPSA) is 111 Å². The molecule has 4 aromatic rings. The van der Waals surface area contributed by atoms with Crippen LogP contribution in [0.25, 0.3) is 11.3 Å². The summed E-state index contributed by atoms with van der Waals surface area (Å²) in [7, 11) is 0. The van der Waals surface area contributed by atoms with Crippen LogP contribution >= 0.6 is 39.0 Å². The van der Waals surface area contributed by atoms with Crippen molar-refractivity contribution in [2.75, 3.05) is 17.7 Å². The minimum absolute atomic E-state index is 0.0918. The van der Waals surface area contributed by atoms with E-state index in [1.807, 2.05) is 66.3 Å². The van der Waals surface area contributed by atoms with E-state index in [9.17, 15) is 9.59 Å². The van der Waals surface area contributed by atoms with Crippen molar-refractivity contribution in [2.24, 2.45) is 0 Å². The number of aryl methyl sites for hydroxylation is 1. The number of carbonyl (C=O) groups excluding carboxylic acids is 2. The van der Waals surface area contributed by atoms with Crippen LogP contribution in [0.3, 0.4) is 0 Å². The quantitative estimate of drug-likeness (QED) is 0.181. The van der Waals surface area contributed by atoms with Gasteiger partial charge in [0.1, 0.15) is 5.75 Å². The molecule has 0 unspecified atom stereocenters. The number of thioether (sulfide) groups is 1. The third-order valence-electron chi connectivity index (χ3n) is 5.93. The summed E-state index contributed by atoms with van der Waals surface area (Å²) in [5.41, 5.74) is 3.93. The number of nitrogens with one attached hydrogen (secondary N) is 2. The fraction of sp³-hybridized carbons (Fsp3) is 0.321. The average molecular weight is 644 g/mol. The number of hydrogen-bond donors (Lipinski definition) is 2. The first-order valence-electron chi connectivity index (χ1n) is 12.8. The number of thiazole rings is 1. The molecule has 210 valence electrons. The van der Waals surface area contributed by atoms with Gasteiger partial charge in [-0.3, -0.25) is 9.59 Å². The van der Waals surface area contributed by atoms with Crippen LogP contribution in [-0.4, -0.2) is 43.9 Å². The number of nitrogens with zero attached hydrogens (tertiary/aromatic N) is 4. The average Bonchev–Trinajstić information content (AvgIpc) is 3.56. The summed E-state index contributed by atoms with van der Waals surface area (Å²) in [6, 6.07) is 13.9. The summed E-state index contributed by atoms with van der Waals surface area (Å²) < 4.78 is 8.70. The zero-order valence-electron chi connectivity index (χ0n) is 22.7. The zero-order chi connectivity index (χ0) is 28.6. The fourth-order valence-electron chi connectivity index (χ4n) is 3.86. The van der Waals surface area contributed by atoms with Crippen LogP contribution in [0.5, 0.6) is 5.75 Å². The van der Waals surface area contributed by atoms with Crippen LogP contribution in [0.15, 0.2) is 57.5 Å². The molecule has 0 spiro atoms. The number of halogens is 1. The molecule has 0 bridgehead atoms. The highest BCUT2D eigenvalue weighted by Crippen LogP contribution is 2.28. The Morgan fingerprint density at radius 3 is 2.62 bits per heavy atom. The highest BCUT2D eigenvalue weighted by atomic mass is 79.9. The normalized spacial score (nSPS) is 11.1. The lowest BCUT2D eigenvalue weighted by molar-refractivity contribution is -0.123. The van der Waals surface area contributed by atoms with E-state index in [1.165, 1.54) is 23.1 Å². The molecule has 2 heterocycles. The van der Waals surface area contributed by atoms with Crippen molar-refractivity contribution in [3.8, 4) is 17.0 Å². The molecule has 0 saturated heterocycles. The SMILES string of the molecule is CCn1c(CNC(=O)COc2cc(C)ccc2C(C)C)nnc1SCC(=O)Nc1nc(-c2ccc(Br)cc2)cs1. The number of carbonyl (C=O) groups is 2. The van der Waals surface area contributed by atoms with E-state index >= 15 is 0 Å². The Morgan fingerprint density at radius 1 is 1.12 bits per heavy atom. The Balaban J connectivity index is 1.27.